The van der Waals surface area contributed by atoms with Gasteiger partial charge in [-0.05, 0) is 42.2 Å². The van der Waals surface area contributed by atoms with Gasteiger partial charge >= 0.3 is 0 Å². The molecule has 4 rings (SSSR count). The van der Waals surface area contributed by atoms with E-state index >= 15 is 0 Å². The molecule has 0 saturated heterocycles. The third-order valence-corrected chi connectivity index (χ3v) is 5.85. The van der Waals surface area contributed by atoms with Crippen LogP contribution in [0.2, 0.25) is 0 Å². The molecule has 9 heteroatoms. The van der Waals surface area contributed by atoms with Gasteiger partial charge in [0.15, 0.2) is 0 Å². The summed E-state index contributed by atoms with van der Waals surface area (Å²) in [6, 6.07) is 7.71. The van der Waals surface area contributed by atoms with Crippen molar-refractivity contribution in [3.8, 4) is 11.1 Å². The number of nitrogens with zero attached hydrogens (tertiary/aromatic N) is 3. The number of nitrogen functional groups attached to an aromatic ring is 1. The Kier molecular flexibility index (Phi) is 6.22. The first-order valence-electron chi connectivity index (χ1n) is 10.6. The Labute approximate surface area is 189 Å². The molecule has 2 aromatic heterocycles. The average Bonchev–Trinajstić information content (AvgIpc) is 3.17. The van der Waals surface area contributed by atoms with Crippen molar-refractivity contribution in [1.29, 1.82) is 0 Å². The largest absolute Gasteiger partial charge is 0.383 e. The monoisotopic (exact) mass is 455 g/mol. The molecule has 1 amide bonds. The van der Waals surface area contributed by atoms with Crippen LogP contribution in [0.1, 0.15) is 47.6 Å². The molecule has 3 aromatic rings. The third-order valence-electron chi connectivity index (χ3n) is 5.85. The van der Waals surface area contributed by atoms with Gasteiger partial charge in [-0.25, -0.2) is 17.9 Å². The van der Waals surface area contributed by atoms with Crippen molar-refractivity contribution in [2.45, 2.75) is 44.1 Å². The number of nitrogens with two attached hydrogens (primary N) is 1. The van der Waals surface area contributed by atoms with Crippen LogP contribution >= 0.6 is 0 Å². The van der Waals surface area contributed by atoms with E-state index < -0.39 is 11.8 Å². The quantitative estimate of drug-likeness (QED) is 0.554. The molecule has 0 aliphatic heterocycles. The van der Waals surface area contributed by atoms with Crippen molar-refractivity contribution >= 4 is 11.7 Å². The van der Waals surface area contributed by atoms with Gasteiger partial charge in [0.25, 0.3) is 5.91 Å². The van der Waals surface area contributed by atoms with Crippen LogP contribution in [0.5, 0.6) is 0 Å². The molecule has 0 unspecified atom stereocenters. The number of alkyl halides is 2. The number of nitrogens with one attached hydrogen (secondary N) is 1. The van der Waals surface area contributed by atoms with Crippen molar-refractivity contribution in [1.82, 2.24) is 20.1 Å². The predicted octanol–water partition coefficient (Wildman–Crippen LogP) is 4.90. The van der Waals surface area contributed by atoms with Crippen LogP contribution in [0.25, 0.3) is 11.1 Å². The molecule has 1 aromatic carbocycles. The van der Waals surface area contributed by atoms with Gasteiger partial charge in [0.05, 0.1) is 12.2 Å². The lowest BCUT2D eigenvalue weighted by molar-refractivity contribution is -0.0448. The number of hydrogen-bond donors (Lipinski definition) is 2. The molecule has 1 saturated carbocycles. The van der Waals surface area contributed by atoms with Gasteiger partial charge in [-0.3, -0.25) is 9.78 Å². The predicted molar refractivity (Wildman–Crippen MR) is 119 cm³/mol. The Morgan fingerprint density at radius 3 is 2.70 bits per heavy atom. The van der Waals surface area contributed by atoms with E-state index in [2.05, 4.69) is 22.0 Å². The van der Waals surface area contributed by atoms with Crippen LogP contribution in [-0.2, 0) is 6.42 Å². The molecule has 1 aliphatic carbocycles. The molecule has 0 spiro atoms. The van der Waals surface area contributed by atoms with Crippen LogP contribution in [-0.4, -0.2) is 26.6 Å². The van der Waals surface area contributed by atoms with Gasteiger partial charge in [-0.1, -0.05) is 18.7 Å². The Bertz CT molecular complexity index is 1170. The Balaban J connectivity index is 1.45. The molecular formula is C24H24F3N5O. The number of pyridine rings is 1. The van der Waals surface area contributed by atoms with E-state index in [9.17, 15) is 18.0 Å². The molecular weight excluding hydrogens is 431 g/mol. The van der Waals surface area contributed by atoms with Gasteiger partial charge in [-0.15, -0.1) is 0 Å². The third kappa shape index (κ3) is 5.08. The highest BCUT2D eigenvalue weighted by atomic mass is 19.3. The van der Waals surface area contributed by atoms with E-state index in [0.29, 0.717) is 11.3 Å². The second-order valence-corrected chi connectivity index (χ2v) is 8.25. The normalized spacial score (nSPS) is 15.8. The van der Waals surface area contributed by atoms with Gasteiger partial charge in [0.1, 0.15) is 17.2 Å². The van der Waals surface area contributed by atoms with Gasteiger partial charge < -0.3 is 11.1 Å². The number of anilines is 1. The summed E-state index contributed by atoms with van der Waals surface area (Å²) in [6.07, 6.45) is 4.90. The number of amides is 1. The standard InChI is InChI=1S/C24H24F3N5O/c1-15(11-16-4-5-18(25)12-20(16)17-3-2-10-29-13-17)31-23(33)21-14-30-32(22(21)28)19-6-8-24(26,27)9-7-19/h2-5,10,12-14,19H,1,6-9,11,28H2,(H,31,33). The van der Waals surface area contributed by atoms with Gasteiger partial charge in [-0.2, -0.15) is 5.10 Å². The van der Waals surface area contributed by atoms with E-state index in [0.717, 1.165) is 11.1 Å². The van der Waals surface area contributed by atoms with Crippen LogP contribution in [0.4, 0.5) is 19.0 Å². The van der Waals surface area contributed by atoms with E-state index in [-0.39, 0.29) is 55.3 Å². The Morgan fingerprint density at radius 2 is 2.00 bits per heavy atom. The van der Waals surface area contributed by atoms with Crippen LogP contribution in [0.15, 0.2) is 61.2 Å². The first-order valence-corrected chi connectivity index (χ1v) is 10.6. The molecule has 33 heavy (non-hydrogen) atoms. The summed E-state index contributed by atoms with van der Waals surface area (Å²) in [4.78, 5) is 16.9. The SMILES string of the molecule is C=C(Cc1ccc(F)cc1-c1cccnc1)NC(=O)c1cnn(C2CCC(F)(F)CC2)c1N. The number of rotatable bonds is 6. The molecule has 0 bridgehead atoms. The first kappa shape index (κ1) is 22.6. The maximum atomic E-state index is 13.9. The number of carbonyl (C=O) groups excluding carboxylic acids is 1. The highest BCUT2D eigenvalue weighted by Gasteiger charge is 2.36. The zero-order valence-electron chi connectivity index (χ0n) is 17.9. The lowest BCUT2D eigenvalue weighted by Gasteiger charge is -2.28. The highest BCUT2D eigenvalue weighted by molar-refractivity contribution is 5.99. The first-order chi connectivity index (χ1) is 15.7. The maximum absolute atomic E-state index is 13.9. The summed E-state index contributed by atoms with van der Waals surface area (Å²) < 4.78 is 42.2. The molecule has 2 heterocycles. The maximum Gasteiger partial charge on any atom is 0.260 e. The summed E-state index contributed by atoms with van der Waals surface area (Å²) >= 11 is 0. The summed E-state index contributed by atoms with van der Waals surface area (Å²) in [6.45, 7) is 3.92. The summed E-state index contributed by atoms with van der Waals surface area (Å²) in [7, 11) is 0. The minimum atomic E-state index is -2.66. The second-order valence-electron chi connectivity index (χ2n) is 8.25. The fraction of sp³-hybridized carbons (Fsp3) is 0.292. The number of hydrogen-bond acceptors (Lipinski definition) is 4. The van der Waals surface area contributed by atoms with E-state index in [1.165, 1.54) is 23.0 Å². The summed E-state index contributed by atoms with van der Waals surface area (Å²) in [5, 5.41) is 6.88. The Hall–Kier alpha value is -3.62. The van der Waals surface area contributed by atoms with E-state index in [1.807, 2.05) is 6.07 Å². The number of halogens is 3. The van der Waals surface area contributed by atoms with Crippen molar-refractivity contribution in [2.24, 2.45) is 0 Å². The molecule has 1 fully saturated rings. The van der Waals surface area contributed by atoms with Crippen molar-refractivity contribution in [3.63, 3.8) is 0 Å². The smallest absolute Gasteiger partial charge is 0.260 e. The fourth-order valence-corrected chi connectivity index (χ4v) is 4.10. The lowest BCUT2D eigenvalue weighted by atomic mass is 9.92. The Morgan fingerprint density at radius 1 is 1.24 bits per heavy atom. The van der Waals surface area contributed by atoms with Crippen LogP contribution in [0.3, 0.4) is 0 Å². The lowest BCUT2D eigenvalue weighted by Crippen LogP contribution is -2.28. The van der Waals surface area contributed by atoms with Crippen molar-refractivity contribution < 1.29 is 18.0 Å². The molecule has 6 nitrogen and oxygen atoms in total. The molecule has 0 atom stereocenters. The van der Waals surface area contributed by atoms with E-state index in [4.69, 9.17) is 5.73 Å². The molecule has 0 radical (unpaired) electrons. The minimum Gasteiger partial charge on any atom is -0.383 e. The minimum absolute atomic E-state index is 0.133. The second kappa shape index (κ2) is 9.09. The summed E-state index contributed by atoms with van der Waals surface area (Å²) in [5.41, 5.74) is 8.83. The van der Waals surface area contributed by atoms with Crippen molar-refractivity contribution in [3.05, 3.63) is 78.1 Å². The van der Waals surface area contributed by atoms with Crippen molar-refractivity contribution in [2.75, 3.05) is 5.73 Å². The fourth-order valence-electron chi connectivity index (χ4n) is 4.10. The van der Waals surface area contributed by atoms with Crippen LogP contribution in [0, 0.1) is 5.82 Å². The molecule has 172 valence electrons. The number of aromatic nitrogens is 3. The number of allylic oxidation sites excluding steroid dienone is 1. The zero-order valence-corrected chi connectivity index (χ0v) is 17.9. The van der Waals surface area contributed by atoms with Gasteiger partial charge in [0, 0.05) is 42.9 Å². The van der Waals surface area contributed by atoms with Gasteiger partial charge in [0.2, 0.25) is 5.92 Å². The highest BCUT2D eigenvalue weighted by Crippen LogP contribution is 2.39. The van der Waals surface area contributed by atoms with Crippen LogP contribution < -0.4 is 11.1 Å². The summed E-state index contributed by atoms with van der Waals surface area (Å²) in [5.74, 6) is -3.40. The topological polar surface area (TPSA) is 85.8 Å². The molecule has 3 N–H and O–H groups in total. The van der Waals surface area contributed by atoms with E-state index in [1.54, 1.807) is 24.5 Å². The number of benzene rings is 1. The number of carbonyl (C=O) groups is 1. The molecule has 1 aliphatic rings. The average molecular weight is 455 g/mol. The zero-order chi connectivity index (χ0) is 23.6.